The van der Waals surface area contributed by atoms with Gasteiger partial charge in [0.05, 0.1) is 5.57 Å². The van der Waals surface area contributed by atoms with Crippen molar-refractivity contribution in [2.24, 2.45) is 0 Å². The van der Waals surface area contributed by atoms with Crippen LogP contribution in [0, 0.1) is 0 Å². The van der Waals surface area contributed by atoms with Crippen LogP contribution in [0.5, 0.6) is 0 Å². The standard InChI is InChI=1S/C19H24N2O3/c1-14-16(19(24-18(14)23)11-7-4-8-12-19)17(22)20-21(2)13-15-9-5-3-6-10-15/h3,5-6,9-10H,4,7-8,11-13H2,1-2H3,(H,20,22). The van der Waals surface area contributed by atoms with E-state index in [4.69, 9.17) is 4.74 Å². The Morgan fingerprint density at radius 2 is 1.88 bits per heavy atom. The van der Waals surface area contributed by atoms with Gasteiger partial charge in [0.25, 0.3) is 5.91 Å². The average molecular weight is 328 g/mol. The van der Waals surface area contributed by atoms with Crippen LogP contribution >= 0.6 is 0 Å². The van der Waals surface area contributed by atoms with Gasteiger partial charge in [-0.15, -0.1) is 0 Å². The van der Waals surface area contributed by atoms with Crippen molar-refractivity contribution in [2.45, 2.75) is 51.2 Å². The van der Waals surface area contributed by atoms with Gasteiger partial charge in [-0.2, -0.15) is 0 Å². The number of benzene rings is 1. The second-order valence-electron chi connectivity index (χ2n) is 6.73. The molecule has 3 rings (SSSR count). The summed E-state index contributed by atoms with van der Waals surface area (Å²) in [5, 5.41) is 1.75. The minimum Gasteiger partial charge on any atom is -0.451 e. The molecule has 0 saturated heterocycles. The number of ether oxygens (including phenoxy) is 1. The lowest BCUT2D eigenvalue weighted by Gasteiger charge is -2.34. The third-order valence-corrected chi connectivity index (χ3v) is 4.87. The maximum atomic E-state index is 12.8. The van der Waals surface area contributed by atoms with Gasteiger partial charge in [0, 0.05) is 19.2 Å². The van der Waals surface area contributed by atoms with E-state index in [1.165, 1.54) is 0 Å². The molecule has 1 aliphatic heterocycles. The first-order valence-corrected chi connectivity index (χ1v) is 8.52. The van der Waals surface area contributed by atoms with Crippen molar-refractivity contribution >= 4 is 11.9 Å². The summed E-state index contributed by atoms with van der Waals surface area (Å²) >= 11 is 0. The van der Waals surface area contributed by atoms with Gasteiger partial charge in [0.1, 0.15) is 5.60 Å². The molecule has 1 amide bonds. The molecule has 0 aromatic heterocycles. The summed E-state index contributed by atoms with van der Waals surface area (Å²) < 4.78 is 5.64. The van der Waals surface area contributed by atoms with Crippen LogP contribution in [0.2, 0.25) is 0 Å². The molecule has 5 heteroatoms. The normalized spacial score (nSPS) is 19.7. The van der Waals surface area contributed by atoms with Crippen molar-refractivity contribution in [3.8, 4) is 0 Å². The highest BCUT2D eigenvalue weighted by molar-refractivity contribution is 6.07. The van der Waals surface area contributed by atoms with E-state index in [1.807, 2.05) is 37.4 Å². The van der Waals surface area contributed by atoms with Crippen LogP contribution < -0.4 is 5.43 Å². The number of amides is 1. The molecule has 1 aliphatic carbocycles. The highest BCUT2D eigenvalue weighted by atomic mass is 16.6. The first-order chi connectivity index (χ1) is 11.5. The molecule has 1 heterocycles. The van der Waals surface area contributed by atoms with Crippen LogP contribution in [-0.2, 0) is 20.9 Å². The van der Waals surface area contributed by atoms with Crippen LogP contribution in [0.25, 0.3) is 0 Å². The Labute approximate surface area is 142 Å². The fourth-order valence-corrected chi connectivity index (χ4v) is 3.73. The van der Waals surface area contributed by atoms with Gasteiger partial charge in [0.15, 0.2) is 0 Å². The van der Waals surface area contributed by atoms with Gasteiger partial charge in [0.2, 0.25) is 0 Å². The molecule has 0 radical (unpaired) electrons. The first-order valence-electron chi connectivity index (χ1n) is 8.52. The zero-order valence-corrected chi connectivity index (χ0v) is 14.3. The van der Waals surface area contributed by atoms with Crippen LogP contribution in [0.3, 0.4) is 0 Å². The van der Waals surface area contributed by atoms with Gasteiger partial charge >= 0.3 is 5.97 Å². The van der Waals surface area contributed by atoms with Gasteiger partial charge in [-0.1, -0.05) is 36.8 Å². The van der Waals surface area contributed by atoms with E-state index in [9.17, 15) is 9.59 Å². The highest BCUT2D eigenvalue weighted by Gasteiger charge is 2.49. The van der Waals surface area contributed by atoms with Gasteiger partial charge in [-0.3, -0.25) is 10.2 Å². The Balaban J connectivity index is 1.73. The van der Waals surface area contributed by atoms with Gasteiger partial charge in [-0.25, -0.2) is 9.80 Å². The lowest BCUT2D eigenvalue weighted by Crippen LogP contribution is -2.46. The van der Waals surface area contributed by atoms with Crippen molar-refractivity contribution in [3.63, 3.8) is 0 Å². The van der Waals surface area contributed by atoms with Crippen molar-refractivity contribution in [1.82, 2.24) is 10.4 Å². The summed E-state index contributed by atoms with van der Waals surface area (Å²) in [5.74, 6) is -0.577. The quantitative estimate of drug-likeness (QED) is 0.682. The molecule has 1 N–H and O–H groups in total. The average Bonchev–Trinajstić information content (AvgIpc) is 2.79. The van der Waals surface area contributed by atoms with E-state index in [-0.39, 0.29) is 11.9 Å². The number of nitrogens with one attached hydrogen (secondary N) is 1. The third-order valence-electron chi connectivity index (χ3n) is 4.87. The molecular weight excluding hydrogens is 304 g/mol. The molecule has 0 bridgehead atoms. The summed E-state index contributed by atoms with van der Waals surface area (Å²) in [4.78, 5) is 24.9. The zero-order chi connectivity index (χ0) is 17.2. The summed E-state index contributed by atoms with van der Waals surface area (Å²) in [6, 6.07) is 9.93. The minimum absolute atomic E-state index is 0.223. The molecule has 0 atom stereocenters. The molecule has 2 aliphatic rings. The number of esters is 1. The summed E-state index contributed by atoms with van der Waals surface area (Å²) in [6.45, 7) is 2.29. The molecule has 0 unspecified atom stereocenters. The Morgan fingerprint density at radius 1 is 1.21 bits per heavy atom. The number of carbonyl (C=O) groups excluding carboxylic acids is 2. The summed E-state index contributed by atoms with van der Waals surface area (Å²) in [6.07, 6.45) is 4.57. The number of rotatable bonds is 4. The summed E-state index contributed by atoms with van der Waals surface area (Å²) in [7, 11) is 1.83. The lowest BCUT2D eigenvalue weighted by atomic mass is 9.78. The first kappa shape index (κ1) is 16.7. The molecule has 1 fully saturated rings. The van der Waals surface area contributed by atoms with Crippen molar-refractivity contribution in [1.29, 1.82) is 0 Å². The molecule has 128 valence electrons. The maximum Gasteiger partial charge on any atom is 0.335 e. The molecule has 5 nitrogen and oxygen atoms in total. The van der Waals surface area contributed by atoms with E-state index in [2.05, 4.69) is 5.43 Å². The van der Waals surface area contributed by atoms with E-state index >= 15 is 0 Å². The van der Waals surface area contributed by atoms with Crippen molar-refractivity contribution in [2.75, 3.05) is 7.05 Å². The molecule has 24 heavy (non-hydrogen) atoms. The smallest absolute Gasteiger partial charge is 0.335 e. The fraction of sp³-hybridized carbons (Fsp3) is 0.474. The Hall–Kier alpha value is -2.14. The molecule has 1 spiro atoms. The monoisotopic (exact) mass is 328 g/mol. The van der Waals surface area contributed by atoms with Crippen LogP contribution in [-0.4, -0.2) is 29.5 Å². The lowest BCUT2D eigenvalue weighted by molar-refractivity contribution is -0.149. The zero-order valence-electron chi connectivity index (χ0n) is 14.3. The summed E-state index contributed by atoms with van der Waals surface area (Å²) in [5.41, 5.74) is 4.26. The largest absolute Gasteiger partial charge is 0.451 e. The fourth-order valence-electron chi connectivity index (χ4n) is 3.73. The van der Waals surface area contributed by atoms with E-state index in [1.54, 1.807) is 11.9 Å². The SMILES string of the molecule is CC1=C(C(=O)NN(C)Cc2ccccc2)C2(CCCCC2)OC1=O. The predicted molar refractivity (Wildman–Crippen MR) is 90.7 cm³/mol. The Morgan fingerprint density at radius 3 is 2.54 bits per heavy atom. The second kappa shape index (κ2) is 6.77. The topological polar surface area (TPSA) is 58.6 Å². The van der Waals surface area contributed by atoms with Crippen LogP contribution in [0.4, 0.5) is 0 Å². The van der Waals surface area contributed by atoms with Crippen LogP contribution in [0.1, 0.15) is 44.6 Å². The number of hydrogen-bond acceptors (Lipinski definition) is 4. The number of carbonyl (C=O) groups is 2. The Kier molecular flexibility index (Phi) is 4.71. The number of hydrogen-bond donors (Lipinski definition) is 1. The number of hydrazine groups is 1. The van der Waals surface area contributed by atoms with E-state index in [0.29, 0.717) is 17.7 Å². The third kappa shape index (κ3) is 3.22. The molecular formula is C19H24N2O3. The highest BCUT2D eigenvalue weighted by Crippen LogP contribution is 2.43. The number of nitrogens with zero attached hydrogens (tertiary/aromatic N) is 1. The second-order valence-corrected chi connectivity index (χ2v) is 6.73. The van der Waals surface area contributed by atoms with E-state index < -0.39 is 5.60 Å². The van der Waals surface area contributed by atoms with Gasteiger partial charge in [-0.05, 0) is 38.2 Å². The molecule has 1 saturated carbocycles. The predicted octanol–water partition coefficient (Wildman–Crippen LogP) is 2.73. The minimum atomic E-state index is -0.711. The van der Waals surface area contributed by atoms with Gasteiger partial charge < -0.3 is 4.74 Å². The van der Waals surface area contributed by atoms with E-state index in [0.717, 1.165) is 37.7 Å². The van der Waals surface area contributed by atoms with Crippen LogP contribution in [0.15, 0.2) is 41.5 Å². The Bertz CT molecular complexity index is 660. The molecule has 1 aromatic carbocycles. The molecule has 1 aromatic rings. The van der Waals surface area contributed by atoms with Crippen molar-refractivity contribution < 1.29 is 14.3 Å². The maximum absolute atomic E-state index is 12.8. The van der Waals surface area contributed by atoms with Crippen molar-refractivity contribution in [3.05, 3.63) is 47.0 Å².